The van der Waals surface area contributed by atoms with E-state index >= 15 is 0 Å². The summed E-state index contributed by atoms with van der Waals surface area (Å²) in [6.07, 6.45) is 5.24. The number of nitrogens with one attached hydrogen (secondary N) is 3. The number of hydrogen-bond acceptors (Lipinski definition) is 6. The lowest BCUT2D eigenvalue weighted by molar-refractivity contribution is 0.175. The van der Waals surface area contributed by atoms with Crippen molar-refractivity contribution in [1.82, 2.24) is 10.2 Å². The maximum absolute atomic E-state index is 10.7. The molecule has 184 valence electrons. The van der Waals surface area contributed by atoms with Crippen LogP contribution in [0.25, 0.3) is 6.08 Å². The van der Waals surface area contributed by atoms with E-state index in [0.717, 1.165) is 48.4 Å². The second kappa shape index (κ2) is 11.9. The molecule has 6 nitrogen and oxygen atoms in total. The van der Waals surface area contributed by atoms with E-state index in [0.29, 0.717) is 18.8 Å². The molecule has 1 aliphatic rings. The first-order valence-corrected chi connectivity index (χ1v) is 12.2. The number of aromatic hydroxyl groups is 1. The molecule has 3 aromatic carbocycles. The van der Waals surface area contributed by atoms with Crippen molar-refractivity contribution in [1.29, 1.82) is 0 Å². The van der Waals surface area contributed by atoms with Crippen LogP contribution in [0.1, 0.15) is 28.4 Å². The van der Waals surface area contributed by atoms with Gasteiger partial charge >= 0.3 is 0 Å². The van der Waals surface area contributed by atoms with Crippen LogP contribution in [0.5, 0.6) is 5.75 Å². The summed E-state index contributed by atoms with van der Waals surface area (Å²) in [4.78, 5) is 2.20. The third-order valence-electron chi connectivity index (χ3n) is 6.27. The Morgan fingerprint density at radius 2 is 1.57 bits per heavy atom. The molecule has 0 aromatic heterocycles. The van der Waals surface area contributed by atoms with Crippen LogP contribution >= 0.6 is 0 Å². The van der Waals surface area contributed by atoms with Gasteiger partial charge in [0.2, 0.25) is 0 Å². The van der Waals surface area contributed by atoms with Gasteiger partial charge in [-0.2, -0.15) is 0 Å². The lowest BCUT2D eigenvalue weighted by Crippen LogP contribution is -2.24. The molecule has 6 heteroatoms. The molecule has 1 heterocycles. The van der Waals surface area contributed by atoms with Crippen molar-refractivity contribution < 1.29 is 10.2 Å². The van der Waals surface area contributed by atoms with Gasteiger partial charge in [0.25, 0.3) is 0 Å². The molecule has 1 aliphatic heterocycles. The van der Waals surface area contributed by atoms with Crippen LogP contribution in [-0.4, -0.2) is 55.4 Å². The van der Waals surface area contributed by atoms with Gasteiger partial charge < -0.3 is 31.1 Å². The molecule has 0 radical (unpaired) electrons. The van der Waals surface area contributed by atoms with E-state index in [-0.39, 0.29) is 5.75 Å². The highest BCUT2D eigenvalue weighted by molar-refractivity contribution is 5.77. The minimum absolute atomic E-state index is 0.211. The Balaban J connectivity index is 1.23. The van der Waals surface area contributed by atoms with E-state index in [9.17, 15) is 10.2 Å². The van der Waals surface area contributed by atoms with Crippen molar-refractivity contribution in [3.05, 3.63) is 89.0 Å². The summed E-state index contributed by atoms with van der Waals surface area (Å²) in [6.45, 7) is 2.95. The standard InChI is InChI=1S/C29H36N4O2/c1-33(2)19-16-22-7-11-24(12-8-22)32-23-9-5-21(6-10-23)15-18-30-20-28(35)25-13-14-27(34)29-26(25)4-3-17-31-29/h3-14,28,30-32,34-35H,15-20H2,1-2H3/t28-/m0/s1. The number of aliphatic hydroxyl groups is 1. The highest BCUT2D eigenvalue weighted by atomic mass is 16.3. The van der Waals surface area contributed by atoms with Crippen LogP contribution in [0.4, 0.5) is 17.1 Å². The van der Waals surface area contributed by atoms with Crippen LogP contribution in [0, 0.1) is 0 Å². The zero-order chi connectivity index (χ0) is 24.6. The number of nitrogens with zero attached hydrogens (tertiary/aromatic N) is 1. The molecule has 0 saturated heterocycles. The van der Waals surface area contributed by atoms with Crippen molar-refractivity contribution in [2.24, 2.45) is 0 Å². The third kappa shape index (κ3) is 6.85. The first-order chi connectivity index (χ1) is 17.0. The van der Waals surface area contributed by atoms with Gasteiger partial charge in [0.1, 0.15) is 5.75 Å². The number of anilines is 3. The van der Waals surface area contributed by atoms with Gasteiger partial charge in [0.05, 0.1) is 11.8 Å². The Bertz CT molecular complexity index is 1120. The van der Waals surface area contributed by atoms with Gasteiger partial charge in [-0.3, -0.25) is 0 Å². The summed E-state index contributed by atoms with van der Waals surface area (Å²) < 4.78 is 0. The molecule has 0 fully saturated rings. The van der Waals surface area contributed by atoms with Crippen molar-refractivity contribution >= 4 is 23.1 Å². The van der Waals surface area contributed by atoms with Crippen LogP contribution in [0.3, 0.4) is 0 Å². The second-order valence-electron chi connectivity index (χ2n) is 9.29. The number of phenols is 1. The fraction of sp³-hybridized carbons (Fsp3) is 0.310. The molecular formula is C29H36N4O2. The van der Waals surface area contributed by atoms with E-state index < -0.39 is 6.10 Å². The van der Waals surface area contributed by atoms with Crippen molar-refractivity contribution in [2.45, 2.75) is 18.9 Å². The zero-order valence-corrected chi connectivity index (χ0v) is 20.6. The molecule has 0 spiro atoms. The van der Waals surface area contributed by atoms with E-state index in [1.54, 1.807) is 12.1 Å². The van der Waals surface area contributed by atoms with Gasteiger partial charge in [-0.1, -0.05) is 42.5 Å². The number of phenolic OH excluding ortho intramolecular Hbond substituents is 1. The molecule has 0 aliphatic carbocycles. The number of hydrogen-bond donors (Lipinski definition) is 5. The summed E-state index contributed by atoms with van der Waals surface area (Å²) in [6, 6.07) is 20.5. The largest absolute Gasteiger partial charge is 0.506 e. The lowest BCUT2D eigenvalue weighted by atomic mass is 9.97. The number of rotatable bonds is 11. The minimum Gasteiger partial charge on any atom is -0.506 e. The molecule has 4 rings (SSSR count). The maximum atomic E-state index is 10.7. The number of fused-ring (bicyclic) bond motifs is 1. The van der Waals surface area contributed by atoms with Crippen LogP contribution in [0.15, 0.2) is 66.7 Å². The Morgan fingerprint density at radius 3 is 2.23 bits per heavy atom. The highest BCUT2D eigenvalue weighted by Crippen LogP contribution is 2.35. The zero-order valence-electron chi connectivity index (χ0n) is 20.6. The molecule has 35 heavy (non-hydrogen) atoms. The number of aliphatic hydroxyl groups excluding tert-OH is 1. The predicted octanol–water partition coefficient (Wildman–Crippen LogP) is 4.54. The van der Waals surface area contributed by atoms with Crippen molar-refractivity contribution in [2.75, 3.05) is 50.9 Å². The minimum atomic E-state index is -0.644. The van der Waals surface area contributed by atoms with Crippen molar-refractivity contribution in [3.8, 4) is 5.75 Å². The molecular weight excluding hydrogens is 436 g/mol. The molecule has 0 saturated carbocycles. The summed E-state index contributed by atoms with van der Waals surface area (Å²) in [5.41, 5.74) is 7.10. The molecule has 3 aromatic rings. The summed E-state index contributed by atoms with van der Waals surface area (Å²) in [5, 5.41) is 30.7. The Hall–Kier alpha value is -3.32. The Kier molecular flexibility index (Phi) is 8.42. The Morgan fingerprint density at radius 1 is 0.914 bits per heavy atom. The molecule has 5 N–H and O–H groups in total. The molecule has 0 amide bonds. The summed E-state index contributed by atoms with van der Waals surface area (Å²) in [7, 11) is 4.19. The molecule has 0 unspecified atom stereocenters. The normalized spacial score (nSPS) is 13.4. The first kappa shape index (κ1) is 24.8. The fourth-order valence-corrected chi connectivity index (χ4v) is 4.23. The monoisotopic (exact) mass is 472 g/mol. The lowest BCUT2D eigenvalue weighted by Gasteiger charge is -2.21. The fourth-order valence-electron chi connectivity index (χ4n) is 4.23. The van der Waals surface area contributed by atoms with Gasteiger partial charge in [-0.25, -0.2) is 0 Å². The van der Waals surface area contributed by atoms with E-state index in [1.165, 1.54) is 11.1 Å². The van der Waals surface area contributed by atoms with Gasteiger partial charge in [0.15, 0.2) is 0 Å². The second-order valence-corrected chi connectivity index (χ2v) is 9.29. The smallest absolute Gasteiger partial charge is 0.139 e. The highest BCUT2D eigenvalue weighted by Gasteiger charge is 2.18. The van der Waals surface area contributed by atoms with E-state index in [1.807, 2.05) is 12.2 Å². The maximum Gasteiger partial charge on any atom is 0.139 e. The quantitative estimate of drug-likeness (QED) is 0.208. The Labute approximate surface area is 208 Å². The van der Waals surface area contributed by atoms with Crippen molar-refractivity contribution in [3.63, 3.8) is 0 Å². The topological polar surface area (TPSA) is 79.8 Å². The van der Waals surface area contributed by atoms with E-state index in [4.69, 9.17) is 0 Å². The first-order valence-electron chi connectivity index (χ1n) is 12.2. The molecule has 0 bridgehead atoms. The summed E-state index contributed by atoms with van der Waals surface area (Å²) >= 11 is 0. The summed E-state index contributed by atoms with van der Waals surface area (Å²) in [5.74, 6) is 0.211. The van der Waals surface area contributed by atoms with Crippen LogP contribution in [-0.2, 0) is 12.8 Å². The van der Waals surface area contributed by atoms with Gasteiger partial charge in [-0.15, -0.1) is 0 Å². The third-order valence-corrected chi connectivity index (χ3v) is 6.27. The molecule has 1 atom stereocenters. The average Bonchev–Trinajstić information content (AvgIpc) is 2.87. The van der Waals surface area contributed by atoms with Crippen LogP contribution < -0.4 is 16.0 Å². The van der Waals surface area contributed by atoms with Gasteiger partial charge in [-0.05, 0) is 80.5 Å². The SMILES string of the molecule is CN(C)CCc1ccc(Nc2ccc(CCNC[C@H](O)c3ccc(O)c4c3C=CCN4)cc2)cc1. The van der Waals surface area contributed by atoms with Gasteiger partial charge in [0, 0.05) is 36.6 Å². The van der Waals surface area contributed by atoms with E-state index in [2.05, 4.69) is 83.5 Å². The average molecular weight is 473 g/mol. The number of benzene rings is 3. The number of likely N-dealkylation sites (N-methyl/N-ethyl adjacent to an activating group) is 1. The predicted molar refractivity (Wildman–Crippen MR) is 146 cm³/mol. The van der Waals surface area contributed by atoms with Crippen LogP contribution in [0.2, 0.25) is 0 Å².